The molecular weight excluding hydrogens is 334 g/mol. The number of para-hydroxylation sites is 2. The van der Waals surface area contributed by atoms with Gasteiger partial charge in [0.25, 0.3) is 11.8 Å². The van der Waals surface area contributed by atoms with E-state index in [4.69, 9.17) is 4.74 Å². The van der Waals surface area contributed by atoms with Crippen molar-refractivity contribution in [1.82, 2.24) is 20.3 Å². The van der Waals surface area contributed by atoms with Gasteiger partial charge in [-0.05, 0) is 30.9 Å². The van der Waals surface area contributed by atoms with Crippen molar-refractivity contribution in [2.75, 3.05) is 18.6 Å². The van der Waals surface area contributed by atoms with Gasteiger partial charge in [0.05, 0.1) is 11.4 Å². The van der Waals surface area contributed by atoms with Gasteiger partial charge in [-0.1, -0.05) is 24.3 Å². The fourth-order valence-electron chi connectivity index (χ4n) is 3.45. The number of ether oxygens (including phenoxy) is 1. The number of amides is 2. The van der Waals surface area contributed by atoms with Crippen LogP contribution < -0.4 is 15.0 Å². The number of rotatable bonds is 2. The number of hydrogen-bond donors (Lipinski definition) is 1. The van der Waals surface area contributed by atoms with Crippen molar-refractivity contribution in [2.45, 2.75) is 32.4 Å². The maximum Gasteiger partial charge on any atom is 0.274 e. The standard InChI is InChI=1S/C18H21N5O3/c1-11-7-8-23-14(9-11)16(20-21-23)17(24)19-12-10-26-15-6-4-3-5-13(15)22(2)18(12)25/h3-6,11-12H,7-10H2,1-2H3,(H,19,24)/t11?,12-/m0/s1. The van der Waals surface area contributed by atoms with Gasteiger partial charge >= 0.3 is 0 Å². The first-order valence-electron chi connectivity index (χ1n) is 8.77. The number of fused-ring (bicyclic) bond motifs is 2. The Bertz CT molecular complexity index is 862. The number of carbonyl (C=O) groups is 2. The van der Waals surface area contributed by atoms with E-state index in [0.717, 1.165) is 25.1 Å². The molecule has 1 aromatic carbocycles. The normalized spacial score (nSPS) is 22.1. The van der Waals surface area contributed by atoms with Crippen molar-refractivity contribution in [3.05, 3.63) is 35.7 Å². The molecule has 0 spiro atoms. The summed E-state index contributed by atoms with van der Waals surface area (Å²) in [5.41, 5.74) is 1.82. The number of likely N-dealkylation sites (N-methyl/N-ethyl adjacent to an activating group) is 1. The van der Waals surface area contributed by atoms with Crippen molar-refractivity contribution in [3.63, 3.8) is 0 Å². The monoisotopic (exact) mass is 355 g/mol. The first-order chi connectivity index (χ1) is 12.5. The second kappa shape index (κ2) is 6.44. The van der Waals surface area contributed by atoms with Crippen LogP contribution in [0.3, 0.4) is 0 Å². The molecule has 8 nitrogen and oxygen atoms in total. The van der Waals surface area contributed by atoms with E-state index < -0.39 is 6.04 Å². The second-order valence-electron chi connectivity index (χ2n) is 6.91. The summed E-state index contributed by atoms with van der Waals surface area (Å²) in [7, 11) is 1.68. The topological polar surface area (TPSA) is 89.3 Å². The number of benzene rings is 1. The average Bonchev–Trinajstić information content (AvgIpc) is 3.02. The largest absolute Gasteiger partial charge is 0.489 e. The number of anilines is 1. The Hall–Kier alpha value is -2.90. The molecule has 0 saturated carbocycles. The van der Waals surface area contributed by atoms with Gasteiger partial charge in [-0.2, -0.15) is 0 Å². The Labute approximate surface area is 151 Å². The molecule has 136 valence electrons. The summed E-state index contributed by atoms with van der Waals surface area (Å²) in [5, 5.41) is 10.9. The van der Waals surface area contributed by atoms with Crippen LogP contribution in [0.2, 0.25) is 0 Å². The highest BCUT2D eigenvalue weighted by molar-refractivity contribution is 6.03. The molecule has 2 aromatic rings. The van der Waals surface area contributed by atoms with E-state index in [1.807, 2.05) is 18.2 Å². The molecule has 0 bridgehead atoms. The highest BCUT2D eigenvalue weighted by Gasteiger charge is 2.32. The number of hydrogen-bond acceptors (Lipinski definition) is 5. The van der Waals surface area contributed by atoms with Crippen molar-refractivity contribution >= 4 is 17.5 Å². The second-order valence-corrected chi connectivity index (χ2v) is 6.91. The van der Waals surface area contributed by atoms with E-state index in [9.17, 15) is 9.59 Å². The van der Waals surface area contributed by atoms with Crippen LogP contribution >= 0.6 is 0 Å². The summed E-state index contributed by atoms with van der Waals surface area (Å²) >= 11 is 0. The van der Waals surface area contributed by atoms with E-state index in [2.05, 4.69) is 22.6 Å². The third-order valence-corrected chi connectivity index (χ3v) is 4.99. The lowest BCUT2D eigenvalue weighted by molar-refractivity contribution is -0.120. The first-order valence-corrected chi connectivity index (χ1v) is 8.77. The third kappa shape index (κ3) is 2.81. The van der Waals surface area contributed by atoms with E-state index in [-0.39, 0.29) is 18.4 Å². The number of aromatic nitrogens is 3. The van der Waals surface area contributed by atoms with Crippen LogP contribution in [0.5, 0.6) is 5.75 Å². The fraction of sp³-hybridized carbons (Fsp3) is 0.444. The summed E-state index contributed by atoms with van der Waals surface area (Å²) in [4.78, 5) is 27.0. The van der Waals surface area contributed by atoms with Gasteiger partial charge < -0.3 is 15.0 Å². The van der Waals surface area contributed by atoms with E-state index >= 15 is 0 Å². The zero-order chi connectivity index (χ0) is 18.3. The fourth-order valence-corrected chi connectivity index (χ4v) is 3.45. The molecule has 2 aliphatic rings. The van der Waals surface area contributed by atoms with Gasteiger partial charge in [-0.25, -0.2) is 4.68 Å². The Morgan fingerprint density at radius 1 is 1.35 bits per heavy atom. The molecule has 0 saturated heterocycles. The first kappa shape index (κ1) is 16.6. The van der Waals surface area contributed by atoms with Crippen LogP contribution in [0.25, 0.3) is 0 Å². The maximum absolute atomic E-state index is 12.7. The highest BCUT2D eigenvalue weighted by atomic mass is 16.5. The van der Waals surface area contributed by atoms with Crippen LogP contribution in [0.15, 0.2) is 24.3 Å². The average molecular weight is 355 g/mol. The predicted octanol–water partition coefficient (Wildman–Crippen LogP) is 1.01. The lowest BCUT2D eigenvalue weighted by Crippen LogP contribution is -2.49. The van der Waals surface area contributed by atoms with Crippen molar-refractivity contribution < 1.29 is 14.3 Å². The van der Waals surface area contributed by atoms with Crippen LogP contribution in [0, 0.1) is 5.92 Å². The molecule has 26 heavy (non-hydrogen) atoms. The molecule has 2 atom stereocenters. The van der Waals surface area contributed by atoms with E-state index in [0.29, 0.717) is 23.0 Å². The Kier molecular flexibility index (Phi) is 4.10. The predicted molar refractivity (Wildman–Crippen MR) is 94.1 cm³/mol. The van der Waals surface area contributed by atoms with Crippen molar-refractivity contribution in [2.24, 2.45) is 5.92 Å². The summed E-state index contributed by atoms with van der Waals surface area (Å²) in [5.74, 6) is 0.491. The molecule has 1 unspecified atom stereocenters. The zero-order valence-corrected chi connectivity index (χ0v) is 14.8. The van der Waals surface area contributed by atoms with Gasteiger partial charge in [0, 0.05) is 13.6 Å². The molecule has 2 aliphatic heterocycles. The Morgan fingerprint density at radius 2 is 2.15 bits per heavy atom. The minimum Gasteiger partial charge on any atom is -0.489 e. The van der Waals surface area contributed by atoms with Gasteiger partial charge in [-0.3, -0.25) is 9.59 Å². The van der Waals surface area contributed by atoms with Crippen molar-refractivity contribution in [3.8, 4) is 5.75 Å². The Morgan fingerprint density at radius 3 is 3.00 bits per heavy atom. The number of nitrogens with zero attached hydrogens (tertiary/aromatic N) is 4. The molecule has 2 amide bonds. The number of carbonyl (C=O) groups excluding carboxylic acids is 2. The molecule has 0 aliphatic carbocycles. The highest BCUT2D eigenvalue weighted by Crippen LogP contribution is 2.30. The minimum absolute atomic E-state index is 0.0752. The van der Waals surface area contributed by atoms with E-state index in [1.165, 1.54) is 4.90 Å². The van der Waals surface area contributed by atoms with Gasteiger partial charge in [0.1, 0.15) is 18.4 Å². The molecular formula is C18H21N5O3. The lowest BCUT2D eigenvalue weighted by Gasteiger charge is -2.21. The lowest BCUT2D eigenvalue weighted by atomic mass is 9.97. The smallest absolute Gasteiger partial charge is 0.274 e. The van der Waals surface area contributed by atoms with E-state index in [1.54, 1.807) is 17.8 Å². The quantitative estimate of drug-likeness (QED) is 0.869. The molecule has 0 fully saturated rings. The van der Waals surface area contributed by atoms with Gasteiger partial charge in [0.2, 0.25) is 0 Å². The minimum atomic E-state index is -0.779. The Balaban J connectivity index is 1.54. The molecule has 1 N–H and O–H groups in total. The SMILES string of the molecule is CC1CCn2nnc(C(=O)N[C@H]3COc4ccccc4N(C)C3=O)c2C1. The van der Waals surface area contributed by atoms with Crippen LogP contribution in [-0.2, 0) is 17.8 Å². The van der Waals surface area contributed by atoms with Gasteiger partial charge in [0.15, 0.2) is 5.69 Å². The molecule has 8 heteroatoms. The maximum atomic E-state index is 12.7. The summed E-state index contributed by atoms with van der Waals surface area (Å²) < 4.78 is 7.51. The summed E-state index contributed by atoms with van der Waals surface area (Å²) in [6.07, 6.45) is 1.78. The van der Waals surface area contributed by atoms with Crippen molar-refractivity contribution in [1.29, 1.82) is 0 Å². The van der Waals surface area contributed by atoms with Crippen LogP contribution in [-0.4, -0.2) is 46.5 Å². The molecule has 1 aromatic heterocycles. The zero-order valence-electron chi connectivity index (χ0n) is 14.8. The molecule has 0 radical (unpaired) electrons. The molecule has 4 rings (SSSR count). The van der Waals surface area contributed by atoms with Crippen LogP contribution in [0.1, 0.15) is 29.5 Å². The van der Waals surface area contributed by atoms with Crippen LogP contribution in [0.4, 0.5) is 5.69 Å². The summed E-state index contributed by atoms with van der Waals surface area (Å²) in [6.45, 7) is 2.99. The number of aryl methyl sites for hydroxylation is 1. The molecule has 3 heterocycles. The van der Waals surface area contributed by atoms with Gasteiger partial charge in [-0.15, -0.1) is 5.10 Å². The number of nitrogens with one attached hydrogen (secondary N) is 1. The summed E-state index contributed by atoms with van der Waals surface area (Å²) in [6, 6.07) is 6.53. The third-order valence-electron chi connectivity index (χ3n) is 4.99.